The van der Waals surface area contributed by atoms with Gasteiger partial charge in [0.25, 0.3) is 0 Å². The summed E-state index contributed by atoms with van der Waals surface area (Å²) >= 11 is 14.0. The van der Waals surface area contributed by atoms with E-state index < -0.39 is 0 Å². The average Bonchev–Trinajstić information content (AvgIpc) is 2.26. The molecule has 0 saturated heterocycles. The number of hydrogen-bond acceptors (Lipinski definition) is 2. The molecule has 1 N–H and O–H groups in total. The molecule has 0 heterocycles. The minimum atomic E-state index is -0.0866. The fraction of sp³-hybridized carbons (Fsp3) is 0.333. The number of thioether (sulfide) groups is 1. The Bertz CT molecular complexity index is 524. The molecule has 0 amide bonds. The van der Waals surface area contributed by atoms with Gasteiger partial charge in [-0.05, 0) is 39.2 Å². The topological polar surface area (TPSA) is 12.0 Å². The van der Waals surface area contributed by atoms with Crippen LogP contribution < -0.4 is 5.32 Å². The number of halogens is 2. The van der Waals surface area contributed by atoms with Crippen molar-refractivity contribution in [2.45, 2.75) is 20.8 Å². The molecule has 1 aromatic rings. The van der Waals surface area contributed by atoms with Crippen LogP contribution >= 0.6 is 35.0 Å². The van der Waals surface area contributed by atoms with Gasteiger partial charge in [0, 0.05) is 11.1 Å². The van der Waals surface area contributed by atoms with Crippen LogP contribution in [-0.2, 0) is 0 Å². The first-order valence-corrected chi connectivity index (χ1v) is 7.73. The first-order valence-electron chi connectivity index (χ1n) is 5.75. The summed E-state index contributed by atoms with van der Waals surface area (Å²) in [7, 11) is 0. The van der Waals surface area contributed by atoms with Gasteiger partial charge in [-0.3, -0.25) is 0 Å². The van der Waals surface area contributed by atoms with Gasteiger partial charge in [0.05, 0.1) is 20.6 Å². The maximum Gasteiger partial charge on any atom is 0.0649 e. The van der Waals surface area contributed by atoms with Crippen molar-refractivity contribution >= 4 is 40.7 Å². The third-order valence-electron chi connectivity index (χ3n) is 2.13. The van der Waals surface area contributed by atoms with Gasteiger partial charge in [0.2, 0.25) is 0 Å². The highest BCUT2D eigenvalue weighted by Gasteiger charge is 2.09. The minimum absolute atomic E-state index is 0.0866. The maximum absolute atomic E-state index is 6.23. The maximum atomic E-state index is 6.23. The van der Waals surface area contributed by atoms with Crippen molar-refractivity contribution in [2.75, 3.05) is 11.6 Å². The van der Waals surface area contributed by atoms with Crippen LogP contribution in [-0.4, -0.2) is 6.26 Å². The van der Waals surface area contributed by atoms with E-state index in [-0.39, 0.29) is 5.41 Å². The van der Waals surface area contributed by atoms with Gasteiger partial charge >= 0.3 is 0 Å². The van der Waals surface area contributed by atoms with Gasteiger partial charge in [-0.1, -0.05) is 41.6 Å². The Morgan fingerprint density at radius 3 is 2.21 bits per heavy atom. The van der Waals surface area contributed by atoms with Crippen molar-refractivity contribution < 1.29 is 0 Å². The average molecular weight is 314 g/mol. The summed E-state index contributed by atoms with van der Waals surface area (Å²) in [4.78, 5) is 0. The molecule has 0 spiro atoms. The minimum Gasteiger partial charge on any atom is -0.351 e. The summed E-state index contributed by atoms with van der Waals surface area (Å²) in [5.74, 6) is 6.18. The van der Waals surface area contributed by atoms with Crippen LogP contribution in [0.2, 0.25) is 10.0 Å². The third-order valence-corrected chi connectivity index (χ3v) is 3.33. The smallest absolute Gasteiger partial charge is 0.0649 e. The van der Waals surface area contributed by atoms with Crippen molar-refractivity contribution in [1.82, 2.24) is 0 Å². The van der Waals surface area contributed by atoms with E-state index in [4.69, 9.17) is 23.2 Å². The Balaban J connectivity index is 3.10. The van der Waals surface area contributed by atoms with E-state index >= 15 is 0 Å². The highest BCUT2D eigenvalue weighted by molar-refractivity contribution is 8.02. The highest BCUT2D eigenvalue weighted by Crippen LogP contribution is 2.30. The van der Waals surface area contributed by atoms with E-state index in [0.29, 0.717) is 15.6 Å². The largest absolute Gasteiger partial charge is 0.351 e. The molecule has 1 aromatic carbocycles. The lowest BCUT2D eigenvalue weighted by Gasteiger charge is -2.10. The van der Waals surface area contributed by atoms with E-state index in [1.54, 1.807) is 0 Å². The molecule has 0 aliphatic rings. The van der Waals surface area contributed by atoms with Gasteiger partial charge < -0.3 is 5.32 Å². The second-order valence-electron chi connectivity index (χ2n) is 5.07. The monoisotopic (exact) mass is 313 g/mol. The Hall–Kier alpha value is -0.750. The van der Waals surface area contributed by atoms with Gasteiger partial charge in [-0.2, -0.15) is 0 Å². The zero-order chi connectivity index (χ0) is 14.6. The molecule has 1 rings (SSSR count). The van der Waals surface area contributed by atoms with Crippen LogP contribution in [0.4, 0.5) is 5.69 Å². The molecule has 19 heavy (non-hydrogen) atoms. The number of rotatable bonds is 3. The summed E-state index contributed by atoms with van der Waals surface area (Å²) in [5, 5.41) is 5.04. The lowest BCUT2D eigenvalue weighted by Crippen LogP contribution is -2.00. The summed E-state index contributed by atoms with van der Waals surface area (Å²) in [6, 6.07) is 3.61. The van der Waals surface area contributed by atoms with Crippen LogP contribution in [0.5, 0.6) is 0 Å². The Morgan fingerprint density at radius 2 is 1.79 bits per heavy atom. The van der Waals surface area contributed by atoms with Crippen molar-refractivity contribution in [2.24, 2.45) is 5.41 Å². The molecular weight excluding hydrogens is 297 g/mol. The molecule has 1 nitrogen and oxygen atoms in total. The fourth-order valence-corrected chi connectivity index (χ4v) is 2.03. The van der Waals surface area contributed by atoms with Crippen LogP contribution in [0, 0.1) is 17.3 Å². The predicted molar refractivity (Wildman–Crippen MR) is 89.1 cm³/mol. The van der Waals surface area contributed by atoms with Crippen molar-refractivity contribution in [3.63, 3.8) is 0 Å². The third kappa shape index (κ3) is 5.40. The molecule has 4 heteroatoms. The van der Waals surface area contributed by atoms with E-state index in [9.17, 15) is 0 Å². The zero-order valence-electron chi connectivity index (χ0n) is 11.5. The quantitative estimate of drug-likeness (QED) is 0.725. The summed E-state index contributed by atoms with van der Waals surface area (Å²) in [6.07, 6.45) is 1.95. The molecule has 0 atom stereocenters. The van der Waals surface area contributed by atoms with Crippen LogP contribution in [0.25, 0.3) is 0 Å². The van der Waals surface area contributed by atoms with Crippen LogP contribution in [0.1, 0.15) is 26.3 Å². The molecule has 0 aliphatic heterocycles. The van der Waals surface area contributed by atoms with Crippen LogP contribution in [0.3, 0.4) is 0 Å². The van der Waals surface area contributed by atoms with Gasteiger partial charge in [-0.25, -0.2) is 0 Å². The van der Waals surface area contributed by atoms with Gasteiger partial charge in [-0.15, -0.1) is 11.8 Å². The predicted octanol–water partition coefficient (Wildman–Crippen LogP) is 5.64. The highest BCUT2D eigenvalue weighted by atomic mass is 35.5. The van der Waals surface area contributed by atoms with Gasteiger partial charge in [0.1, 0.15) is 0 Å². The first-order chi connectivity index (χ1) is 8.73. The fourth-order valence-electron chi connectivity index (χ4n) is 1.23. The first kappa shape index (κ1) is 16.3. The molecule has 0 bridgehead atoms. The number of nitrogens with one attached hydrogen (secondary N) is 1. The standard InChI is InChI=1S/C15H17Cl2NS/c1-10(19-5)18-11-8-13(16)12(14(17)9-11)6-7-15(2,3)4/h8-9,18H,1H2,2-5H3. The molecule has 102 valence electrons. The lowest BCUT2D eigenvalue weighted by molar-refractivity contribution is 0.571. The second kappa shape index (κ2) is 6.61. The van der Waals surface area contributed by atoms with E-state index in [1.165, 1.54) is 11.8 Å². The molecular formula is C15H17Cl2NS. The Labute approximate surface area is 129 Å². The van der Waals surface area contributed by atoms with Crippen molar-refractivity contribution in [1.29, 1.82) is 0 Å². The summed E-state index contributed by atoms with van der Waals surface area (Å²) in [6.45, 7) is 9.98. The molecule has 0 radical (unpaired) electrons. The zero-order valence-corrected chi connectivity index (χ0v) is 13.9. The SMILES string of the molecule is C=C(Nc1cc(Cl)c(C#CC(C)(C)C)c(Cl)c1)SC. The Morgan fingerprint density at radius 1 is 1.26 bits per heavy atom. The van der Waals surface area contributed by atoms with E-state index in [2.05, 4.69) is 23.7 Å². The molecule has 0 saturated carbocycles. The van der Waals surface area contributed by atoms with Crippen molar-refractivity contribution in [3.05, 3.63) is 39.3 Å². The lowest BCUT2D eigenvalue weighted by atomic mass is 9.97. The van der Waals surface area contributed by atoms with Gasteiger partial charge in [0.15, 0.2) is 0 Å². The van der Waals surface area contributed by atoms with Crippen molar-refractivity contribution in [3.8, 4) is 11.8 Å². The molecule has 0 fully saturated rings. The normalized spacial score (nSPS) is 10.6. The van der Waals surface area contributed by atoms with E-state index in [0.717, 1.165) is 10.7 Å². The Kier molecular flexibility index (Phi) is 5.67. The van der Waals surface area contributed by atoms with E-state index in [1.807, 2.05) is 39.2 Å². The summed E-state index contributed by atoms with van der Waals surface area (Å²) in [5.41, 5.74) is 1.39. The second-order valence-corrected chi connectivity index (χ2v) is 6.78. The molecule has 0 aliphatic carbocycles. The number of anilines is 1. The number of benzene rings is 1. The summed E-state index contributed by atoms with van der Waals surface area (Å²) < 4.78 is 0. The molecule has 0 aromatic heterocycles. The molecule has 0 unspecified atom stereocenters. The van der Waals surface area contributed by atoms with Crippen LogP contribution in [0.15, 0.2) is 23.7 Å². The number of hydrogen-bond donors (Lipinski definition) is 1.